The number of hydrogen-bond donors (Lipinski definition) is 2. The molecule has 0 aromatic carbocycles. The Labute approximate surface area is 94.3 Å². The molecule has 0 aliphatic carbocycles. The predicted molar refractivity (Wildman–Crippen MR) is 61.3 cm³/mol. The molecule has 0 radical (unpaired) electrons. The molecule has 0 aliphatic rings. The highest BCUT2D eigenvalue weighted by Crippen LogP contribution is 2.21. The number of nitrogens with one attached hydrogen (secondary N) is 1. The Morgan fingerprint density at radius 1 is 1.50 bits per heavy atom. The van der Waals surface area contributed by atoms with E-state index in [-0.39, 0.29) is 6.04 Å². The number of aryl methyl sites for hydroxylation is 2. The van der Waals surface area contributed by atoms with E-state index < -0.39 is 0 Å². The Morgan fingerprint density at radius 2 is 2.31 bits per heavy atom. The Morgan fingerprint density at radius 3 is 2.88 bits per heavy atom. The van der Waals surface area contributed by atoms with E-state index in [1.807, 2.05) is 32.3 Å². The van der Waals surface area contributed by atoms with Crippen molar-refractivity contribution in [1.82, 2.24) is 20.2 Å². The fraction of sp³-hybridized carbons (Fsp3) is 0.273. The summed E-state index contributed by atoms with van der Waals surface area (Å²) < 4.78 is 1.75. The molecule has 2 aromatic heterocycles. The van der Waals surface area contributed by atoms with Gasteiger partial charge in [-0.1, -0.05) is 6.07 Å². The fourth-order valence-electron chi connectivity index (χ4n) is 1.72. The fourth-order valence-corrected chi connectivity index (χ4v) is 1.72. The normalized spacial score (nSPS) is 12.7. The second-order valence-corrected chi connectivity index (χ2v) is 3.75. The van der Waals surface area contributed by atoms with E-state index in [2.05, 4.69) is 15.5 Å². The van der Waals surface area contributed by atoms with Gasteiger partial charge in [0.25, 0.3) is 0 Å². The standard InChI is InChI=1S/C11H15N5/c1-8-4-3-5-13-10(8)11(15-12)9-6-14-16(2)7-9/h3-7,11,15H,12H2,1-2H3. The summed E-state index contributed by atoms with van der Waals surface area (Å²) in [6.07, 6.45) is 5.49. The van der Waals surface area contributed by atoms with Gasteiger partial charge in [-0.05, 0) is 18.6 Å². The third kappa shape index (κ3) is 1.95. The van der Waals surface area contributed by atoms with Crippen LogP contribution in [0.25, 0.3) is 0 Å². The topological polar surface area (TPSA) is 68.8 Å². The molecule has 0 saturated heterocycles. The van der Waals surface area contributed by atoms with Gasteiger partial charge in [-0.25, -0.2) is 5.43 Å². The van der Waals surface area contributed by atoms with Crippen LogP contribution in [-0.4, -0.2) is 14.8 Å². The lowest BCUT2D eigenvalue weighted by molar-refractivity contribution is 0.616. The van der Waals surface area contributed by atoms with Crippen LogP contribution >= 0.6 is 0 Å². The van der Waals surface area contributed by atoms with Crippen LogP contribution in [0.1, 0.15) is 22.9 Å². The highest BCUT2D eigenvalue weighted by molar-refractivity contribution is 5.29. The first kappa shape index (κ1) is 10.8. The summed E-state index contributed by atoms with van der Waals surface area (Å²) in [7, 11) is 1.88. The lowest BCUT2D eigenvalue weighted by atomic mass is 10.0. The Hall–Kier alpha value is -1.72. The highest BCUT2D eigenvalue weighted by atomic mass is 15.3. The number of rotatable bonds is 3. The van der Waals surface area contributed by atoms with E-state index in [0.717, 1.165) is 16.8 Å². The van der Waals surface area contributed by atoms with E-state index in [9.17, 15) is 0 Å². The van der Waals surface area contributed by atoms with Gasteiger partial charge >= 0.3 is 0 Å². The van der Waals surface area contributed by atoms with Crippen LogP contribution in [0.5, 0.6) is 0 Å². The average molecular weight is 217 g/mol. The number of hydrazine groups is 1. The van der Waals surface area contributed by atoms with Gasteiger partial charge < -0.3 is 0 Å². The maximum Gasteiger partial charge on any atom is 0.0914 e. The van der Waals surface area contributed by atoms with Gasteiger partial charge in [-0.3, -0.25) is 15.5 Å². The van der Waals surface area contributed by atoms with Crippen molar-refractivity contribution in [3.05, 3.63) is 47.5 Å². The molecule has 5 nitrogen and oxygen atoms in total. The molecule has 84 valence electrons. The van der Waals surface area contributed by atoms with Crippen LogP contribution < -0.4 is 11.3 Å². The summed E-state index contributed by atoms with van der Waals surface area (Å²) in [4.78, 5) is 4.36. The van der Waals surface area contributed by atoms with Crippen LogP contribution in [0.2, 0.25) is 0 Å². The second-order valence-electron chi connectivity index (χ2n) is 3.75. The van der Waals surface area contributed by atoms with Crippen molar-refractivity contribution in [3.8, 4) is 0 Å². The van der Waals surface area contributed by atoms with Gasteiger partial charge in [-0.2, -0.15) is 5.10 Å². The van der Waals surface area contributed by atoms with E-state index in [1.54, 1.807) is 17.1 Å². The average Bonchev–Trinajstić information content (AvgIpc) is 2.69. The number of pyridine rings is 1. The summed E-state index contributed by atoms with van der Waals surface area (Å²) in [5.74, 6) is 5.59. The largest absolute Gasteiger partial charge is 0.275 e. The van der Waals surface area contributed by atoms with Gasteiger partial charge in [0.1, 0.15) is 0 Å². The van der Waals surface area contributed by atoms with Crippen molar-refractivity contribution in [1.29, 1.82) is 0 Å². The van der Waals surface area contributed by atoms with E-state index in [4.69, 9.17) is 5.84 Å². The van der Waals surface area contributed by atoms with Crippen molar-refractivity contribution < 1.29 is 0 Å². The minimum Gasteiger partial charge on any atom is -0.275 e. The molecule has 0 spiro atoms. The van der Waals surface area contributed by atoms with E-state index >= 15 is 0 Å². The molecule has 0 amide bonds. The predicted octanol–water partition coefficient (Wildman–Crippen LogP) is 0.676. The Bertz CT molecular complexity index is 477. The molecule has 2 heterocycles. The molecular weight excluding hydrogens is 202 g/mol. The molecule has 0 fully saturated rings. The van der Waals surface area contributed by atoms with Gasteiger partial charge in [0, 0.05) is 25.0 Å². The van der Waals surface area contributed by atoms with Gasteiger partial charge in [-0.15, -0.1) is 0 Å². The van der Waals surface area contributed by atoms with E-state index in [1.165, 1.54) is 0 Å². The number of aromatic nitrogens is 3. The molecule has 0 aliphatic heterocycles. The molecule has 2 aromatic rings. The number of nitrogens with two attached hydrogens (primary N) is 1. The van der Waals surface area contributed by atoms with Crippen molar-refractivity contribution in [2.24, 2.45) is 12.9 Å². The van der Waals surface area contributed by atoms with Gasteiger partial charge in [0.2, 0.25) is 0 Å². The molecule has 0 bridgehead atoms. The first-order chi connectivity index (χ1) is 7.72. The molecule has 5 heteroatoms. The van der Waals surface area contributed by atoms with Gasteiger partial charge in [0.05, 0.1) is 17.9 Å². The quantitative estimate of drug-likeness (QED) is 0.586. The lowest BCUT2D eigenvalue weighted by Crippen LogP contribution is -2.29. The molecule has 1 unspecified atom stereocenters. The van der Waals surface area contributed by atoms with Crippen LogP contribution in [0.15, 0.2) is 30.7 Å². The first-order valence-corrected chi connectivity index (χ1v) is 5.08. The summed E-state index contributed by atoms with van der Waals surface area (Å²) in [5, 5.41) is 4.13. The number of hydrogen-bond acceptors (Lipinski definition) is 4. The summed E-state index contributed by atoms with van der Waals surface area (Å²) in [5.41, 5.74) is 5.81. The van der Waals surface area contributed by atoms with Crippen molar-refractivity contribution in [3.63, 3.8) is 0 Å². The Balaban J connectivity index is 2.40. The van der Waals surface area contributed by atoms with Crippen LogP contribution in [0.4, 0.5) is 0 Å². The van der Waals surface area contributed by atoms with Gasteiger partial charge in [0.15, 0.2) is 0 Å². The lowest BCUT2D eigenvalue weighted by Gasteiger charge is -2.15. The van der Waals surface area contributed by atoms with E-state index in [0.29, 0.717) is 0 Å². The molecule has 16 heavy (non-hydrogen) atoms. The SMILES string of the molecule is Cc1cccnc1C(NN)c1cnn(C)c1. The zero-order valence-electron chi connectivity index (χ0n) is 9.38. The third-order valence-electron chi connectivity index (χ3n) is 2.55. The Kier molecular flexibility index (Phi) is 2.98. The highest BCUT2D eigenvalue weighted by Gasteiger charge is 2.16. The zero-order chi connectivity index (χ0) is 11.5. The molecular formula is C11H15N5. The summed E-state index contributed by atoms with van der Waals surface area (Å²) in [6.45, 7) is 2.02. The summed E-state index contributed by atoms with van der Waals surface area (Å²) in [6, 6.07) is 3.81. The first-order valence-electron chi connectivity index (χ1n) is 5.08. The molecule has 3 N–H and O–H groups in total. The minimum atomic E-state index is -0.116. The third-order valence-corrected chi connectivity index (χ3v) is 2.55. The molecule has 2 rings (SSSR count). The monoisotopic (exact) mass is 217 g/mol. The number of nitrogens with zero attached hydrogens (tertiary/aromatic N) is 3. The minimum absolute atomic E-state index is 0.116. The maximum absolute atomic E-state index is 5.59. The van der Waals surface area contributed by atoms with Crippen LogP contribution in [0, 0.1) is 6.92 Å². The van der Waals surface area contributed by atoms with Crippen molar-refractivity contribution >= 4 is 0 Å². The maximum atomic E-state index is 5.59. The molecule has 1 atom stereocenters. The second kappa shape index (κ2) is 4.42. The summed E-state index contributed by atoms with van der Waals surface area (Å²) >= 11 is 0. The van der Waals surface area contributed by atoms with Crippen LogP contribution in [0.3, 0.4) is 0 Å². The van der Waals surface area contributed by atoms with Crippen molar-refractivity contribution in [2.45, 2.75) is 13.0 Å². The smallest absolute Gasteiger partial charge is 0.0914 e. The van der Waals surface area contributed by atoms with Crippen molar-refractivity contribution in [2.75, 3.05) is 0 Å². The molecule has 0 saturated carbocycles. The van der Waals surface area contributed by atoms with Crippen LogP contribution in [-0.2, 0) is 7.05 Å². The zero-order valence-corrected chi connectivity index (χ0v) is 9.38.